The SMILES string of the molecule is CC(C)NC(=O)C(=O)NNC(=O)c1cc2ccccc2oc1=O. The fourth-order valence-corrected chi connectivity index (χ4v) is 1.79. The minimum Gasteiger partial charge on any atom is -0.422 e. The highest BCUT2D eigenvalue weighted by Gasteiger charge is 2.18. The predicted octanol–water partition coefficient (Wildman–Crippen LogP) is 0.0786. The third kappa shape index (κ3) is 3.94. The molecule has 2 aromatic rings. The van der Waals surface area contributed by atoms with Gasteiger partial charge in [-0.1, -0.05) is 18.2 Å². The van der Waals surface area contributed by atoms with Gasteiger partial charge in [0.1, 0.15) is 11.1 Å². The van der Waals surface area contributed by atoms with E-state index in [9.17, 15) is 19.2 Å². The molecular formula is C15H15N3O5. The highest BCUT2D eigenvalue weighted by atomic mass is 16.4. The number of carbonyl (C=O) groups is 3. The van der Waals surface area contributed by atoms with E-state index in [0.717, 1.165) is 0 Å². The summed E-state index contributed by atoms with van der Waals surface area (Å²) >= 11 is 0. The van der Waals surface area contributed by atoms with Crippen LogP contribution in [0.2, 0.25) is 0 Å². The van der Waals surface area contributed by atoms with Crippen LogP contribution in [0.15, 0.2) is 39.5 Å². The molecule has 0 saturated carbocycles. The van der Waals surface area contributed by atoms with E-state index >= 15 is 0 Å². The van der Waals surface area contributed by atoms with Crippen molar-refractivity contribution in [3.8, 4) is 0 Å². The second kappa shape index (κ2) is 6.73. The normalized spacial score (nSPS) is 10.4. The standard InChI is InChI=1S/C15H15N3O5/c1-8(2)16-13(20)14(21)18-17-12(19)10-7-9-5-3-4-6-11(9)23-15(10)22/h3-8H,1-2H3,(H,16,20)(H,17,19)(H,18,21). The smallest absolute Gasteiger partial charge is 0.349 e. The number of para-hydroxylation sites is 1. The Morgan fingerprint density at radius 2 is 1.74 bits per heavy atom. The summed E-state index contributed by atoms with van der Waals surface area (Å²) in [6, 6.07) is 7.80. The Morgan fingerprint density at radius 1 is 1.04 bits per heavy atom. The van der Waals surface area contributed by atoms with Crippen molar-refractivity contribution in [2.75, 3.05) is 0 Å². The summed E-state index contributed by atoms with van der Waals surface area (Å²) in [5, 5.41) is 2.92. The number of hydrogen-bond acceptors (Lipinski definition) is 5. The zero-order chi connectivity index (χ0) is 17.0. The molecule has 120 valence electrons. The minimum atomic E-state index is -1.04. The summed E-state index contributed by atoms with van der Waals surface area (Å²) in [5.41, 5.74) is 3.14. The molecule has 0 fully saturated rings. The molecule has 1 aromatic heterocycles. The Morgan fingerprint density at radius 3 is 2.43 bits per heavy atom. The van der Waals surface area contributed by atoms with Crippen LogP contribution >= 0.6 is 0 Å². The van der Waals surface area contributed by atoms with Crippen LogP contribution in [-0.4, -0.2) is 23.8 Å². The van der Waals surface area contributed by atoms with Gasteiger partial charge < -0.3 is 9.73 Å². The maximum absolute atomic E-state index is 11.9. The summed E-state index contributed by atoms with van der Waals surface area (Å²) in [7, 11) is 0. The lowest BCUT2D eigenvalue weighted by Crippen LogP contribution is -2.50. The molecule has 0 aliphatic rings. The summed E-state index contributed by atoms with van der Waals surface area (Å²) in [5.74, 6) is -2.82. The van der Waals surface area contributed by atoms with Gasteiger partial charge in [-0.15, -0.1) is 0 Å². The lowest BCUT2D eigenvalue weighted by atomic mass is 10.2. The maximum Gasteiger partial charge on any atom is 0.349 e. The molecule has 8 heteroatoms. The Kier molecular flexibility index (Phi) is 4.75. The van der Waals surface area contributed by atoms with Crippen LogP contribution < -0.4 is 21.8 Å². The number of rotatable bonds is 2. The largest absolute Gasteiger partial charge is 0.422 e. The second-order valence-electron chi connectivity index (χ2n) is 5.02. The summed E-state index contributed by atoms with van der Waals surface area (Å²) in [6.07, 6.45) is 0. The second-order valence-corrected chi connectivity index (χ2v) is 5.02. The van der Waals surface area contributed by atoms with E-state index in [2.05, 4.69) is 5.32 Å². The van der Waals surface area contributed by atoms with Gasteiger partial charge in [-0.3, -0.25) is 25.2 Å². The van der Waals surface area contributed by atoms with Crippen molar-refractivity contribution in [3.63, 3.8) is 0 Å². The molecule has 23 heavy (non-hydrogen) atoms. The molecule has 1 heterocycles. The Labute approximate surface area is 130 Å². The van der Waals surface area contributed by atoms with E-state index in [1.807, 2.05) is 10.9 Å². The molecular weight excluding hydrogens is 302 g/mol. The quantitative estimate of drug-likeness (QED) is 0.412. The topological polar surface area (TPSA) is 118 Å². The summed E-state index contributed by atoms with van der Waals surface area (Å²) in [4.78, 5) is 46.6. The number of hydrogen-bond donors (Lipinski definition) is 3. The van der Waals surface area contributed by atoms with Gasteiger partial charge in [0.05, 0.1) is 0 Å². The highest BCUT2D eigenvalue weighted by molar-refractivity contribution is 6.35. The van der Waals surface area contributed by atoms with Gasteiger partial charge in [0.15, 0.2) is 0 Å². The number of hydrazine groups is 1. The molecule has 1 aromatic carbocycles. The molecule has 0 saturated heterocycles. The lowest BCUT2D eigenvalue weighted by Gasteiger charge is -2.09. The predicted molar refractivity (Wildman–Crippen MR) is 81.4 cm³/mol. The summed E-state index contributed by atoms with van der Waals surface area (Å²) < 4.78 is 5.01. The third-order valence-corrected chi connectivity index (χ3v) is 2.80. The third-order valence-electron chi connectivity index (χ3n) is 2.80. The Balaban J connectivity index is 2.09. The van der Waals surface area contributed by atoms with Crippen molar-refractivity contribution in [2.45, 2.75) is 19.9 Å². The van der Waals surface area contributed by atoms with Crippen LogP contribution in [0.3, 0.4) is 0 Å². The highest BCUT2D eigenvalue weighted by Crippen LogP contribution is 2.12. The van der Waals surface area contributed by atoms with E-state index in [4.69, 9.17) is 4.42 Å². The van der Waals surface area contributed by atoms with Gasteiger partial charge >= 0.3 is 17.4 Å². The van der Waals surface area contributed by atoms with Gasteiger partial charge in [0.25, 0.3) is 5.91 Å². The first-order chi connectivity index (χ1) is 10.9. The van der Waals surface area contributed by atoms with Crippen molar-refractivity contribution >= 4 is 28.7 Å². The van der Waals surface area contributed by atoms with E-state index in [1.54, 1.807) is 38.1 Å². The number of carbonyl (C=O) groups excluding carboxylic acids is 3. The molecule has 0 unspecified atom stereocenters. The monoisotopic (exact) mass is 317 g/mol. The molecule has 0 aliphatic carbocycles. The molecule has 3 N–H and O–H groups in total. The van der Waals surface area contributed by atoms with Crippen LogP contribution in [0.4, 0.5) is 0 Å². The first-order valence-corrected chi connectivity index (χ1v) is 6.82. The summed E-state index contributed by atoms with van der Waals surface area (Å²) in [6.45, 7) is 3.37. The van der Waals surface area contributed by atoms with E-state index in [0.29, 0.717) is 11.0 Å². The Bertz CT molecular complexity index is 825. The van der Waals surface area contributed by atoms with Crippen LogP contribution in [-0.2, 0) is 9.59 Å². The van der Waals surface area contributed by atoms with Gasteiger partial charge in [0, 0.05) is 11.4 Å². The van der Waals surface area contributed by atoms with Gasteiger partial charge in [0.2, 0.25) is 0 Å². The number of fused-ring (bicyclic) bond motifs is 1. The van der Waals surface area contributed by atoms with E-state index in [-0.39, 0.29) is 11.6 Å². The number of amides is 3. The van der Waals surface area contributed by atoms with Gasteiger partial charge in [-0.05, 0) is 26.0 Å². The molecule has 0 bridgehead atoms. The van der Waals surface area contributed by atoms with Crippen LogP contribution in [0, 0.1) is 0 Å². The van der Waals surface area contributed by atoms with Crippen molar-refractivity contribution < 1.29 is 18.8 Å². The van der Waals surface area contributed by atoms with Crippen molar-refractivity contribution in [1.29, 1.82) is 0 Å². The molecule has 2 rings (SSSR count). The zero-order valence-corrected chi connectivity index (χ0v) is 12.5. The number of benzene rings is 1. The average Bonchev–Trinajstić information content (AvgIpc) is 2.50. The van der Waals surface area contributed by atoms with Crippen molar-refractivity contribution in [2.24, 2.45) is 0 Å². The van der Waals surface area contributed by atoms with Crippen LogP contribution in [0.25, 0.3) is 11.0 Å². The Hall–Kier alpha value is -3.16. The fourth-order valence-electron chi connectivity index (χ4n) is 1.79. The minimum absolute atomic E-state index is 0.225. The van der Waals surface area contributed by atoms with E-state index in [1.165, 1.54) is 6.07 Å². The van der Waals surface area contributed by atoms with Crippen LogP contribution in [0.5, 0.6) is 0 Å². The first kappa shape index (κ1) is 16.2. The zero-order valence-electron chi connectivity index (χ0n) is 12.5. The fraction of sp³-hybridized carbons (Fsp3) is 0.200. The molecule has 0 radical (unpaired) electrons. The lowest BCUT2D eigenvalue weighted by molar-refractivity contribution is -0.139. The molecule has 0 atom stereocenters. The maximum atomic E-state index is 11.9. The van der Waals surface area contributed by atoms with Crippen molar-refractivity contribution in [3.05, 3.63) is 46.3 Å². The molecule has 8 nitrogen and oxygen atoms in total. The molecule has 0 aliphatic heterocycles. The number of nitrogens with one attached hydrogen (secondary N) is 3. The first-order valence-electron chi connectivity index (χ1n) is 6.82. The van der Waals surface area contributed by atoms with Crippen molar-refractivity contribution in [1.82, 2.24) is 16.2 Å². The average molecular weight is 317 g/mol. The molecule has 0 spiro atoms. The van der Waals surface area contributed by atoms with Gasteiger partial charge in [-0.2, -0.15) is 0 Å². The van der Waals surface area contributed by atoms with E-state index < -0.39 is 23.3 Å². The van der Waals surface area contributed by atoms with Gasteiger partial charge in [-0.25, -0.2) is 4.79 Å². The molecule has 3 amide bonds. The van der Waals surface area contributed by atoms with Crippen LogP contribution in [0.1, 0.15) is 24.2 Å².